The normalized spacial score (nSPS) is 32.5. The lowest BCUT2D eigenvalue weighted by molar-refractivity contribution is -0.142. The first-order valence-electron chi connectivity index (χ1n) is 6.16. The zero-order valence-corrected chi connectivity index (χ0v) is 10.5. The summed E-state index contributed by atoms with van der Waals surface area (Å²) in [6.07, 6.45) is -1.38. The average molecular weight is 253 g/mol. The predicted molar refractivity (Wildman–Crippen MR) is 60.6 cm³/mol. The van der Waals surface area contributed by atoms with Gasteiger partial charge in [-0.3, -0.25) is 0 Å². The van der Waals surface area contributed by atoms with Gasteiger partial charge in [-0.25, -0.2) is 0 Å². The highest BCUT2D eigenvalue weighted by molar-refractivity contribution is 4.95. The molecule has 0 spiro atoms. The summed E-state index contributed by atoms with van der Waals surface area (Å²) in [5.41, 5.74) is 5.39. The highest BCUT2D eigenvalue weighted by Crippen LogP contribution is 2.38. The molecule has 0 aliphatic heterocycles. The molecule has 102 valence electrons. The third kappa shape index (κ3) is 4.14. The lowest BCUT2D eigenvalue weighted by atomic mass is 9.73. The van der Waals surface area contributed by atoms with Crippen molar-refractivity contribution in [3.05, 3.63) is 0 Å². The van der Waals surface area contributed by atoms with Crippen molar-refractivity contribution in [1.82, 2.24) is 0 Å². The smallest absolute Gasteiger partial charge is 0.377 e. The number of methoxy groups -OCH3 is 1. The van der Waals surface area contributed by atoms with Gasteiger partial charge in [-0.05, 0) is 25.2 Å². The SMILES string of the molecule is COC1(C(N)CCC(F)(F)F)CCCC(C)C1. The van der Waals surface area contributed by atoms with E-state index in [9.17, 15) is 13.2 Å². The molecule has 0 bridgehead atoms. The zero-order chi connectivity index (χ0) is 13.1. The molecule has 3 atom stereocenters. The summed E-state index contributed by atoms with van der Waals surface area (Å²) in [4.78, 5) is 0. The molecule has 2 nitrogen and oxygen atoms in total. The number of halogens is 3. The van der Waals surface area contributed by atoms with E-state index in [0.717, 1.165) is 25.7 Å². The Morgan fingerprint density at radius 1 is 1.47 bits per heavy atom. The van der Waals surface area contributed by atoms with Crippen LogP contribution < -0.4 is 5.73 Å². The maximum absolute atomic E-state index is 12.2. The van der Waals surface area contributed by atoms with Gasteiger partial charge in [0.05, 0.1) is 5.60 Å². The monoisotopic (exact) mass is 253 g/mol. The number of nitrogens with two attached hydrogens (primary N) is 1. The molecule has 0 heterocycles. The van der Waals surface area contributed by atoms with E-state index < -0.39 is 24.2 Å². The van der Waals surface area contributed by atoms with Crippen LogP contribution in [0, 0.1) is 5.92 Å². The second-order valence-corrected chi connectivity index (χ2v) is 5.23. The standard InChI is InChI=1S/C12H22F3NO/c1-9-4-3-6-11(8-9,17-2)10(16)5-7-12(13,14)15/h9-10H,3-8,16H2,1-2H3. The van der Waals surface area contributed by atoms with Crippen molar-refractivity contribution >= 4 is 0 Å². The highest BCUT2D eigenvalue weighted by Gasteiger charge is 2.41. The minimum atomic E-state index is -4.13. The van der Waals surface area contributed by atoms with Crippen LogP contribution in [-0.2, 0) is 4.74 Å². The highest BCUT2D eigenvalue weighted by atomic mass is 19.4. The van der Waals surface area contributed by atoms with Crippen LogP contribution >= 0.6 is 0 Å². The molecule has 17 heavy (non-hydrogen) atoms. The van der Waals surface area contributed by atoms with Gasteiger partial charge in [0.1, 0.15) is 0 Å². The van der Waals surface area contributed by atoms with Gasteiger partial charge in [-0.2, -0.15) is 13.2 Å². The van der Waals surface area contributed by atoms with Crippen LogP contribution in [-0.4, -0.2) is 24.9 Å². The van der Waals surface area contributed by atoms with Crippen molar-refractivity contribution in [3.63, 3.8) is 0 Å². The van der Waals surface area contributed by atoms with Crippen molar-refractivity contribution in [2.45, 2.75) is 63.3 Å². The second kappa shape index (κ2) is 5.57. The molecule has 0 aromatic carbocycles. The van der Waals surface area contributed by atoms with E-state index in [0.29, 0.717) is 5.92 Å². The van der Waals surface area contributed by atoms with Crippen molar-refractivity contribution < 1.29 is 17.9 Å². The van der Waals surface area contributed by atoms with Crippen molar-refractivity contribution in [2.24, 2.45) is 11.7 Å². The van der Waals surface area contributed by atoms with E-state index in [1.54, 1.807) is 7.11 Å². The molecule has 1 aliphatic carbocycles. The first-order chi connectivity index (χ1) is 7.79. The molecule has 0 aromatic heterocycles. The average Bonchev–Trinajstić information content (AvgIpc) is 2.24. The Labute approximate surface area is 101 Å². The third-order valence-electron chi connectivity index (χ3n) is 3.81. The van der Waals surface area contributed by atoms with Crippen molar-refractivity contribution in [1.29, 1.82) is 0 Å². The molecule has 1 rings (SSSR count). The summed E-state index contributed by atoms with van der Waals surface area (Å²) in [6, 6.07) is -0.531. The molecule has 1 fully saturated rings. The Hall–Kier alpha value is -0.290. The summed E-state index contributed by atoms with van der Waals surface area (Å²) in [7, 11) is 1.56. The minimum absolute atomic E-state index is 0.0515. The molecule has 0 amide bonds. The van der Waals surface area contributed by atoms with Crippen LogP contribution in [0.2, 0.25) is 0 Å². The summed E-state index contributed by atoms with van der Waals surface area (Å²) in [6.45, 7) is 2.10. The largest absolute Gasteiger partial charge is 0.389 e. The fourth-order valence-corrected chi connectivity index (χ4v) is 2.80. The Bertz CT molecular complexity index is 244. The van der Waals surface area contributed by atoms with Gasteiger partial charge in [-0.15, -0.1) is 0 Å². The van der Waals surface area contributed by atoms with E-state index >= 15 is 0 Å². The van der Waals surface area contributed by atoms with Gasteiger partial charge in [0.25, 0.3) is 0 Å². The van der Waals surface area contributed by atoms with Crippen LogP contribution in [0.5, 0.6) is 0 Å². The zero-order valence-electron chi connectivity index (χ0n) is 10.5. The van der Waals surface area contributed by atoms with Gasteiger partial charge in [0.15, 0.2) is 0 Å². The van der Waals surface area contributed by atoms with E-state index in [-0.39, 0.29) is 6.42 Å². The Balaban J connectivity index is 2.59. The maximum atomic E-state index is 12.2. The molecule has 0 aromatic rings. The van der Waals surface area contributed by atoms with Gasteiger partial charge >= 0.3 is 6.18 Å². The Morgan fingerprint density at radius 3 is 2.59 bits per heavy atom. The molecule has 2 N–H and O–H groups in total. The van der Waals surface area contributed by atoms with E-state index in [1.165, 1.54) is 0 Å². The van der Waals surface area contributed by atoms with Crippen LogP contribution in [0.15, 0.2) is 0 Å². The van der Waals surface area contributed by atoms with Gasteiger partial charge in [-0.1, -0.05) is 19.8 Å². The van der Waals surface area contributed by atoms with Crippen LogP contribution in [0.3, 0.4) is 0 Å². The van der Waals surface area contributed by atoms with Gasteiger partial charge < -0.3 is 10.5 Å². The van der Waals surface area contributed by atoms with Gasteiger partial charge in [0, 0.05) is 19.6 Å². The van der Waals surface area contributed by atoms with Crippen LogP contribution in [0.25, 0.3) is 0 Å². The topological polar surface area (TPSA) is 35.2 Å². The van der Waals surface area contributed by atoms with Crippen molar-refractivity contribution in [3.8, 4) is 0 Å². The Kier molecular flexibility index (Phi) is 4.84. The molecular weight excluding hydrogens is 231 g/mol. The van der Waals surface area contributed by atoms with Crippen molar-refractivity contribution in [2.75, 3.05) is 7.11 Å². The lowest BCUT2D eigenvalue weighted by Gasteiger charge is -2.43. The predicted octanol–water partition coefficient (Wildman–Crippen LogP) is 3.25. The lowest BCUT2D eigenvalue weighted by Crippen LogP contribution is -2.52. The fourth-order valence-electron chi connectivity index (χ4n) is 2.80. The number of alkyl halides is 3. The van der Waals surface area contributed by atoms with E-state index in [4.69, 9.17) is 10.5 Å². The molecule has 0 saturated heterocycles. The second-order valence-electron chi connectivity index (χ2n) is 5.23. The quantitative estimate of drug-likeness (QED) is 0.834. The summed E-state index contributed by atoms with van der Waals surface area (Å²) in [5.74, 6) is 0.473. The summed E-state index contributed by atoms with van der Waals surface area (Å²) in [5, 5.41) is 0. The summed E-state index contributed by atoms with van der Waals surface area (Å²) < 4.78 is 42.1. The number of hydrogen-bond donors (Lipinski definition) is 1. The third-order valence-corrected chi connectivity index (χ3v) is 3.81. The Morgan fingerprint density at radius 2 is 2.12 bits per heavy atom. The molecular formula is C12H22F3NO. The van der Waals surface area contributed by atoms with Crippen LogP contribution in [0.4, 0.5) is 13.2 Å². The molecule has 1 saturated carbocycles. The number of hydrogen-bond acceptors (Lipinski definition) is 2. The first kappa shape index (κ1) is 14.8. The van der Waals surface area contributed by atoms with Crippen LogP contribution in [0.1, 0.15) is 45.4 Å². The molecule has 0 radical (unpaired) electrons. The maximum Gasteiger partial charge on any atom is 0.389 e. The number of rotatable bonds is 4. The molecule has 5 heteroatoms. The van der Waals surface area contributed by atoms with E-state index in [2.05, 4.69) is 6.92 Å². The summed E-state index contributed by atoms with van der Waals surface area (Å²) >= 11 is 0. The van der Waals surface area contributed by atoms with E-state index in [1.807, 2.05) is 0 Å². The van der Waals surface area contributed by atoms with Gasteiger partial charge in [0.2, 0.25) is 0 Å². The fraction of sp³-hybridized carbons (Fsp3) is 1.00. The number of ether oxygens (including phenoxy) is 1. The molecule has 1 aliphatic rings. The molecule has 3 unspecified atom stereocenters. The first-order valence-corrected chi connectivity index (χ1v) is 6.16. The minimum Gasteiger partial charge on any atom is -0.377 e.